The number of aromatic nitrogens is 1. The first-order chi connectivity index (χ1) is 6.79. The molecule has 0 amide bonds. The van der Waals surface area contributed by atoms with Gasteiger partial charge in [-0.3, -0.25) is 4.90 Å². The van der Waals surface area contributed by atoms with E-state index in [1.807, 2.05) is 12.3 Å². The number of rotatable bonds is 1. The van der Waals surface area contributed by atoms with E-state index in [1.54, 1.807) is 0 Å². The highest BCUT2D eigenvalue weighted by atomic mass is 79.9. The lowest BCUT2D eigenvalue weighted by Crippen LogP contribution is -2.29. The molecule has 1 atom stereocenters. The van der Waals surface area contributed by atoms with E-state index >= 15 is 0 Å². The zero-order valence-corrected chi connectivity index (χ0v) is 10.00. The summed E-state index contributed by atoms with van der Waals surface area (Å²) in [5, 5.41) is 0. The molecule has 0 aromatic carbocycles. The Bertz CT molecular complexity index is 314. The van der Waals surface area contributed by atoms with Gasteiger partial charge in [0.15, 0.2) is 0 Å². The third-order valence-electron chi connectivity index (χ3n) is 2.92. The topological polar surface area (TPSA) is 16.1 Å². The number of hydrogen-bond donors (Lipinski definition) is 0. The van der Waals surface area contributed by atoms with Crippen LogP contribution in [0.5, 0.6) is 0 Å². The highest BCUT2D eigenvalue weighted by molar-refractivity contribution is 9.10. The Morgan fingerprint density at radius 3 is 3.07 bits per heavy atom. The molecule has 0 bridgehead atoms. The average molecular weight is 255 g/mol. The monoisotopic (exact) mass is 254 g/mol. The lowest BCUT2D eigenvalue weighted by Gasteiger charge is -2.32. The van der Waals surface area contributed by atoms with Gasteiger partial charge in [0.05, 0.1) is 0 Å². The molecule has 1 fully saturated rings. The van der Waals surface area contributed by atoms with E-state index in [0.717, 1.165) is 4.60 Å². The molecule has 3 heteroatoms. The van der Waals surface area contributed by atoms with Crippen molar-refractivity contribution in [3.05, 3.63) is 28.5 Å². The molecule has 1 saturated heterocycles. The fourth-order valence-electron chi connectivity index (χ4n) is 2.12. The molecule has 0 aliphatic carbocycles. The maximum atomic E-state index is 4.28. The lowest BCUT2D eigenvalue weighted by atomic mass is 9.97. The molecule has 1 aliphatic rings. The van der Waals surface area contributed by atoms with Crippen LogP contribution in [0.1, 0.15) is 30.9 Å². The summed E-state index contributed by atoms with van der Waals surface area (Å²) in [5.41, 5.74) is 1.33. The largest absolute Gasteiger partial charge is 0.299 e. The van der Waals surface area contributed by atoms with Crippen molar-refractivity contribution in [2.75, 3.05) is 13.6 Å². The average Bonchev–Trinajstić information content (AvgIpc) is 2.20. The number of piperidine rings is 1. The number of likely N-dealkylation sites (tertiary alicyclic amines) is 1. The highest BCUT2D eigenvalue weighted by Gasteiger charge is 2.22. The molecule has 76 valence electrons. The molecule has 1 unspecified atom stereocenters. The normalized spacial score (nSPS) is 23.7. The second kappa shape index (κ2) is 4.41. The minimum absolute atomic E-state index is 0.548. The van der Waals surface area contributed by atoms with Crippen LogP contribution in [-0.2, 0) is 0 Å². The van der Waals surface area contributed by atoms with Gasteiger partial charge in [0, 0.05) is 17.8 Å². The molecule has 1 aromatic heterocycles. The summed E-state index contributed by atoms with van der Waals surface area (Å²) >= 11 is 3.52. The maximum absolute atomic E-state index is 4.28. The molecule has 2 nitrogen and oxygen atoms in total. The van der Waals surface area contributed by atoms with Crippen molar-refractivity contribution in [2.24, 2.45) is 0 Å². The van der Waals surface area contributed by atoms with Gasteiger partial charge >= 0.3 is 0 Å². The molecular formula is C11H15BrN2. The number of nitrogens with zero attached hydrogens (tertiary/aromatic N) is 2. The fourth-order valence-corrected chi connectivity index (χ4v) is 2.63. The van der Waals surface area contributed by atoms with Gasteiger partial charge in [-0.25, -0.2) is 4.98 Å². The number of pyridine rings is 1. The summed E-state index contributed by atoms with van der Waals surface area (Å²) in [5.74, 6) is 0. The van der Waals surface area contributed by atoms with Crippen LogP contribution in [0.15, 0.2) is 22.9 Å². The standard InChI is InChI=1S/C11H15BrN2/c1-14-8-3-2-6-10(14)9-5-4-7-13-11(9)12/h4-5,7,10H,2-3,6,8H2,1H3. The highest BCUT2D eigenvalue weighted by Crippen LogP contribution is 2.32. The van der Waals surface area contributed by atoms with E-state index in [-0.39, 0.29) is 0 Å². The van der Waals surface area contributed by atoms with E-state index in [0.29, 0.717) is 6.04 Å². The number of hydrogen-bond acceptors (Lipinski definition) is 2. The first kappa shape index (κ1) is 10.1. The van der Waals surface area contributed by atoms with Crippen LogP contribution in [-0.4, -0.2) is 23.5 Å². The molecule has 2 rings (SSSR count). The van der Waals surface area contributed by atoms with Crippen LogP contribution in [0.25, 0.3) is 0 Å². The predicted molar refractivity (Wildman–Crippen MR) is 61.2 cm³/mol. The Balaban J connectivity index is 2.25. The first-order valence-corrected chi connectivity index (χ1v) is 5.89. The van der Waals surface area contributed by atoms with Crippen molar-refractivity contribution < 1.29 is 0 Å². The summed E-state index contributed by atoms with van der Waals surface area (Å²) < 4.78 is 0.999. The molecular weight excluding hydrogens is 240 g/mol. The van der Waals surface area contributed by atoms with Crippen molar-refractivity contribution in [3.63, 3.8) is 0 Å². The second-order valence-corrected chi connectivity index (χ2v) is 4.63. The van der Waals surface area contributed by atoms with Gasteiger partial charge in [-0.1, -0.05) is 12.5 Å². The van der Waals surface area contributed by atoms with Crippen LogP contribution >= 0.6 is 15.9 Å². The van der Waals surface area contributed by atoms with Crippen molar-refractivity contribution in [2.45, 2.75) is 25.3 Å². The Labute approximate surface area is 93.5 Å². The van der Waals surface area contributed by atoms with Gasteiger partial charge in [-0.2, -0.15) is 0 Å². The predicted octanol–water partition coefficient (Wildman–Crippen LogP) is 3.00. The van der Waals surface area contributed by atoms with E-state index < -0.39 is 0 Å². The minimum Gasteiger partial charge on any atom is -0.299 e. The van der Waals surface area contributed by atoms with E-state index in [2.05, 4.69) is 38.9 Å². The van der Waals surface area contributed by atoms with Crippen LogP contribution < -0.4 is 0 Å². The van der Waals surface area contributed by atoms with Gasteiger partial charge in [0.2, 0.25) is 0 Å². The molecule has 1 aromatic rings. The molecule has 0 N–H and O–H groups in total. The Morgan fingerprint density at radius 2 is 2.36 bits per heavy atom. The van der Waals surface area contributed by atoms with Crippen molar-refractivity contribution >= 4 is 15.9 Å². The van der Waals surface area contributed by atoms with Crippen LogP contribution in [0.4, 0.5) is 0 Å². The molecule has 2 heterocycles. The van der Waals surface area contributed by atoms with E-state index in [4.69, 9.17) is 0 Å². The molecule has 1 aliphatic heterocycles. The second-order valence-electron chi connectivity index (χ2n) is 3.88. The minimum atomic E-state index is 0.548. The smallest absolute Gasteiger partial charge is 0.110 e. The third-order valence-corrected chi connectivity index (χ3v) is 3.58. The van der Waals surface area contributed by atoms with Crippen LogP contribution in [0.2, 0.25) is 0 Å². The number of halogens is 1. The molecule has 14 heavy (non-hydrogen) atoms. The third kappa shape index (κ3) is 1.98. The molecule has 0 saturated carbocycles. The van der Waals surface area contributed by atoms with Gasteiger partial charge in [-0.15, -0.1) is 0 Å². The van der Waals surface area contributed by atoms with Crippen LogP contribution in [0, 0.1) is 0 Å². The quantitative estimate of drug-likeness (QED) is 0.717. The zero-order chi connectivity index (χ0) is 9.97. The summed E-state index contributed by atoms with van der Waals surface area (Å²) in [4.78, 5) is 6.70. The fraction of sp³-hybridized carbons (Fsp3) is 0.545. The van der Waals surface area contributed by atoms with Crippen molar-refractivity contribution in [1.82, 2.24) is 9.88 Å². The van der Waals surface area contributed by atoms with Gasteiger partial charge in [-0.05, 0) is 48.4 Å². The maximum Gasteiger partial charge on any atom is 0.110 e. The SMILES string of the molecule is CN1CCCCC1c1cccnc1Br. The molecule has 0 spiro atoms. The zero-order valence-electron chi connectivity index (χ0n) is 8.41. The van der Waals surface area contributed by atoms with E-state index in [9.17, 15) is 0 Å². The van der Waals surface area contributed by atoms with Gasteiger partial charge in [0.25, 0.3) is 0 Å². The Kier molecular flexibility index (Phi) is 3.19. The summed E-state index contributed by atoms with van der Waals surface area (Å²) in [7, 11) is 2.20. The van der Waals surface area contributed by atoms with Gasteiger partial charge < -0.3 is 0 Å². The molecule has 0 radical (unpaired) electrons. The Hall–Kier alpha value is -0.410. The Morgan fingerprint density at radius 1 is 1.50 bits per heavy atom. The lowest BCUT2D eigenvalue weighted by molar-refractivity contribution is 0.186. The summed E-state index contributed by atoms with van der Waals surface area (Å²) in [6.07, 6.45) is 5.73. The summed E-state index contributed by atoms with van der Waals surface area (Å²) in [6, 6.07) is 4.73. The van der Waals surface area contributed by atoms with E-state index in [1.165, 1.54) is 31.4 Å². The van der Waals surface area contributed by atoms with Crippen molar-refractivity contribution in [3.8, 4) is 0 Å². The first-order valence-electron chi connectivity index (χ1n) is 5.09. The summed E-state index contributed by atoms with van der Waals surface area (Å²) in [6.45, 7) is 1.20. The van der Waals surface area contributed by atoms with Crippen LogP contribution in [0.3, 0.4) is 0 Å². The van der Waals surface area contributed by atoms with Gasteiger partial charge in [0.1, 0.15) is 4.60 Å². The van der Waals surface area contributed by atoms with Crippen molar-refractivity contribution in [1.29, 1.82) is 0 Å².